The Balaban J connectivity index is 1.08. The third-order valence-electron chi connectivity index (χ3n) is 10.1. The number of carbonyl (C=O) groups excluding carboxylic acids is 3. The van der Waals surface area contributed by atoms with Crippen molar-refractivity contribution in [3.05, 3.63) is 58.1 Å². The predicted octanol–water partition coefficient (Wildman–Crippen LogP) is 4.30. The summed E-state index contributed by atoms with van der Waals surface area (Å²) >= 11 is 3.33. The van der Waals surface area contributed by atoms with Crippen molar-refractivity contribution in [2.24, 2.45) is 0 Å². The van der Waals surface area contributed by atoms with Crippen LogP contribution in [0.3, 0.4) is 0 Å². The van der Waals surface area contributed by atoms with E-state index in [2.05, 4.69) is 26.1 Å². The summed E-state index contributed by atoms with van der Waals surface area (Å²) in [4.78, 5) is 59.5. The monoisotopic (exact) mass is 711 g/mol. The molecule has 2 aromatic carbocycles. The van der Waals surface area contributed by atoms with Crippen LogP contribution in [-0.4, -0.2) is 117 Å². The van der Waals surface area contributed by atoms with Crippen LogP contribution in [0.1, 0.15) is 49.7 Å². The molecule has 0 aromatic heterocycles. The van der Waals surface area contributed by atoms with Crippen molar-refractivity contribution in [3.63, 3.8) is 0 Å². The molecule has 4 aliphatic rings. The number of nitrogens with zero attached hydrogens (tertiary/aromatic N) is 4. The zero-order valence-electron chi connectivity index (χ0n) is 26.4. The summed E-state index contributed by atoms with van der Waals surface area (Å²) in [6, 6.07) is 12.2. The summed E-state index contributed by atoms with van der Waals surface area (Å²) in [6.45, 7) is 3.05. The number of rotatable bonds is 7. The molecule has 252 valence electrons. The van der Waals surface area contributed by atoms with E-state index >= 15 is 0 Å². The van der Waals surface area contributed by atoms with Gasteiger partial charge in [0.2, 0.25) is 0 Å². The van der Waals surface area contributed by atoms with E-state index in [1.54, 1.807) is 21.9 Å². The smallest absolute Gasteiger partial charge is 0.410 e. The van der Waals surface area contributed by atoms with Crippen LogP contribution in [0.2, 0.25) is 0 Å². The van der Waals surface area contributed by atoms with E-state index in [9.17, 15) is 29.4 Å². The number of hydrogen-bond donors (Lipinski definition) is 3. The number of aliphatic carboxylic acids is 1. The third-order valence-corrected chi connectivity index (χ3v) is 10.7. The molecule has 12 nitrogen and oxygen atoms in total. The zero-order chi connectivity index (χ0) is 33.1. The molecule has 13 heteroatoms. The number of carboxylic acids is 1. The Bertz CT molecular complexity index is 1490. The van der Waals surface area contributed by atoms with Gasteiger partial charge < -0.3 is 35.0 Å². The fourth-order valence-corrected chi connectivity index (χ4v) is 7.90. The van der Waals surface area contributed by atoms with Crippen molar-refractivity contribution in [2.75, 3.05) is 44.6 Å². The van der Waals surface area contributed by atoms with E-state index in [1.165, 1.54) is 6.07 Å². The topological polar surface area (TPSA) is 143 Å². The highest BCUT2D eigenvalue weighted by Gasteiger charge is 2.39. The van der Waals surface area contributed by atoms with Gasteiger partial charge in [0.05, 0.1) is 4.47 Å². The molecule has 4 aliphatic heterocycles. The molecule has 3 N–H and O–H groups in total. The molecule has 0 aliphatic carbocycles. The van der Waals surface area contributed by atoms with Gasteiger partial charge in [-0.2, -0.15) is 0 Å². The number of amides is 4. The van der Waals surface area contributed by atoms with E-state index in [-0.39, 0.29) is 36.2 Å². The Morgan fingerprint density at radius 3 is 2.34 bits per heavy atom. The molecule has 47 heavy (non-hydrogen) atoms. The number of urea groups is 1. The molecular formula is C34H42BrN5O7. The first-order valence-corrected chi connectivity index (χ1v) is 17.3. The molecule has 0 bridgehead atoms. The predicted molar refractivity (Wildman–Crippen MR) is 177 cm³/mol. The number of carbonyl (C=O) groups is 4. The van der Waals surface area contributed by atoms with Gasteiger partial charge in [-0.15, -0.1) is 0 Å². The average molecular weight is 713 g/mol. The minimum Gasteiger partial charge on any atom is -0.507 e. The van der Waals surface area contributed by atoms with Crippen LogP contribution in [0.25, 0.3) is 0 Å². The minimum absolute atomic E-state index is 0.0160. The second-order valence-electron chi connectivity index (χ2n) is 12.9. The Morgan fingerprint density at radius 1 is 0.915 bits per heavy atom. The lowest BCUT2D eigenvalue weighted by Crippen LogP contribution is -2.53. The maximum absolute atomic E-state index is 13.9. The van der Waals surface area contributed by atoms with Crippen LogP contribution in [0, 0.1) is 0 Å². The molecule has 4 heterocycles. The Labute approximate surface area is 282 Å². The highest BCUT2D eigenvalue weighted by molar-refractivity contribution is 9.10. The lowest BCUT2D eigenvalue weighted by atomic mass is 10.00. The van der Waals surface area contributed by atoms with Gasteiger partial charge in [0.1, 0.15) is 11.8 Å². The van der Waals surface area contributed by atoms with Gasteiger partial charge in [0, 0.05) is 56.9 Å². The Morgan fingerprint density at radius 2 is 1.62 bits per heavy atom. The summed E-state index contributed by atoms with van der Waals surface area (Å²) in [5, 5.41) is 22.6. The number of hydrogen-bond acceptors (Lipinski definition) is 7. The summed E-state index contributed by atoms with van der Waals surface area (Å²) < 4.78 is 6.44. The fourth-order valence-electron chi connectivity index (χ4n) is 7.48. The van der Waals surface area contributed by atoms with Gasteiger partial charge in [-0.1, -0.05) is 24.3 Å². The summed E-state index contributed by atoms with van der Waals surface area (Å²) in [5.41, 5.74) is 2.66. The third kappa shape index (κ3) is 7.51. The standard InChI is InChI=1S/C34H42BrN5O7/c35-26-20-22(7-8-29(26)41)21-30(31(42)37-15-10-24(11-16-37)39-14-3-6-28(39)32(43)44)47-34(46)38-17-12-25(13-18-38)40-19-9-23-4-1-2-5-27(23)36-33(40)45/h1-2,4-5,7-8,20,24-25,28,30,41H,3,6,9-19,21H2,(H,36,45)(H,43,44)/t28-,30+/m0/s1. The Kier molecular flexibility index (Phi) is 10.2. The molecule has 2 aromatic rings. The number of halogens is 1. The maximum atomic E-state index is 13.9. The van der Waals surface area contributed by atoms with Crippen molar-refractivity contribution < 1.29 is 34.1 Å². The van der Waals surface area contributed by atoms with Crippen LogP contribution in [0.5, 0.6) is 5.75 Å². The van der Waals surface area contributed by atoms with Gasteiger partial charge in [-0.3, -0.25) is 14.5 Å². The molecule has 4 amide bonds. The van der Waals surface area contributed by atoms with Gasteiger partial charge in [0.15, 0.2) is 6.10 Å². The number of carboxylic acid groups (broad SMARTS) is 1. The number of para-hydroxylation sites is 1. The molecule has 0 spiro atoms. The van der Waals surface area contributed by atoms with E-state index in [0.717, 1.165) is 36.2 Å². The van der Waals surface area contributed by atoms with Crippen molar-refractivity contribution in [1.82, 2.24) is 19.6 Å². The van der Waals surface area contributed by atoms with E-state index < -0.39 is 24.2 Å². The number of phenols is 1. The SMILES string of the molecule is O=C(O)[C@@H]1CCCN1C1CCN(C(=O)[C@@H](Cc2ccc(O)c(Br)c2)OC(=O)N2CCC(N3CCc4ccccc4NC3=O)CC2)CC1. The number of aromatic hydroxyl groups is 1. The number of likely N-dealkylation sites (tertiary alicyclic amines) is 3. The molecule has 0 unspecified atom stereocenters. The minimum atomic E-state index is -1.07. The van der Waals surface area contributed by atoms with E-state index in [4.69, 9.17) is 4.74 Å². The Hall–Kier alpha value is -3.84. The van der Waals surface area contributed by atoms with E-state index in [0.29, 0.717) is 69.3 Å². The average Bonchev–Trinajstić information content (AvgIpc) is 3.51. The molecule has 3 saturated heterocycles. The summed E-state index contributed by atoms with van der Waals surface area (Å²) in [7, 11) is 0. The largest absolute Gasteiger partial charge is 0.507 e. The number of phenolic OH excluding ortho intramolecular Hbond substituents is 1. The van der Waals surface area contributed by atoms with Gasteiger partial charge in [-0.05, 0) is 96.7 Å². The van der Waals surface area contributed by atoms with Crippen LogP contribution >= 0.6 is 15.9 Å². The normalized spacial score (nSPS) is 21.9. The highest BCUT2D eigenvalue weighted by Crippen LogP contribution is 2.29. The van der Waals surface area contributed by atoms with Gasteiger partial charge in [-0.25, -0.2) is 9.59 Å². The number of nitrogens with one attached hydrogen (secondary N) is 1. The molecule has 0 saturated carbocycles. The van der Waals surface area contributed by atoms with Crippen LogP contribution in [0.15, 0.2) is 46.9 Å². The second-order valence-corrected chi connectivity index (χ2v) is 13.8. The first-order chi connectivity index (χ1) is 22.7. The van der Waals surface area contributed by atoms with Gasteiger partial charge in [0.25, 0.3) is 5.91 Å². The van der Waals surface area contributed by atoms with Crippen LogP contribution in [-0.2, 0) is 27.2 Å². The maximum Gasteiger partial charge on any atom is 0.410 e. The number of anilines is 1. The highest BCUT2D eigenvalue weighted by atomic mass is 79.9. The molecular weight excluding hydrogens is 670 g/mol. The lowest BCUT2D eigenvalue weighted by Gasteiger charge is -2.40. The number of piperidine rings is 2. The molecule has 3 fully saturated rings. The van der Waals surface area contributed by atoms with Crippen molar-refractivity contribution >= 4 is 45.6 Å². The fraction of sp³-hybridized carbons (Fsp3) is 0.529. The molecule has 2 atom stereocenters. The lowest BCUT2D eigenvalue weighted by molar-refractivity contribution is -0.146. The van der Waals surface area contributed by atoms with Crippen molar-refractivity contribution in [2.45, 2.75) is 75.6 Å². The van der Waals surface area contributed by atoms with Crippen LogP contribution < -0.4 is 5.32 Å². The van der Waals surface area contributed by atoms with Crippen molar-refractivity contribution in [3.8, 4) is 5.75 Å². The first-order valence-electron chi connectivity index (χ1n) is 16.5. The summed E-state index contributed by atoms with van der Waals surface area (Å²) in [6.07, 6.45) is 3.27. The number of benzene rings is 2. The quantitative estimate of drug-likeness (QED) is 0.386. The molecule has 6 rings (SSSR count). The number of ether oxygens (including phenoxy) is 1. The van der Waals surface area contributed by atoms with Gasteiger partial charge >= 0.3 is 18.1 Å². The first kappa shape index (κ1) is 33.1. The van der Waals surface area contributed by atoms with E-state index in [1.807, 2.05) is 29.2 Å². The number of fused-ring (bicyclic) bond motifs is 1. The van der Waals surface area contributed by atoms with Crippen molar-refractivity contribution in [1.29, 1.82) is 0 Å². The zero-order valence-corrected chi connectivity index (χ0v) is 27.9. The molecule has 0 radical (unpaired) electrons. The van der Waals surface area contributed by atoms with Crippen LogP contribution in [0.4, 0.5) is 15.3 Å². The summed E-state index contributed by atoms with van der Waals surface area (Å²) in [5.74, 6) is -1.01. The second kappa shape index (κ2) is 14.5.